The first-order valence-electron chi connectivity index (χ1n) is 3.70. The third-order valence-electron chi connectivity index (χ3n) is 1.48. The zero-order valence-corrected chi connectivity index (χ0v) is 12.4. The molecule has 1 aromatic rings. The van der Waals surface area contributed by atoms with Gasteiger partial charge in [-0.2, -0.15) is 0 Å². The lowest BCUT2D eigenvalue weighted by Crippen LogP contribution is -2.27. The molecule has 0 amide bonds. The monoisotopic (exact) mass is 390 g/mol. The van der Waals surface area contributed by atoms with Crippen LogP contribution in [0.25, 0.3) is 0 Å². The van der Waals surface area contributed by atoms with E-state index in [1.54, 1.807) is 0 Å². The minimum absolute atomic E-state index is 0. The van der Waals surface area contributed by atoms with Crippen LogP contribution in [0.4, 0.5) is 0 Å². The van der Waals surface area contributed by atoms with Gasteiger partial charge in [-0.05, 0) is 28.1 Å². The number of pyridine rings is 1. The molecule has 0 aliphatic heterocycles. The Bertz CT molecular complexity index is 260. The summed E-state index contributed by atoms with van der Waals surface area (Å²) in [5.74, 6) is 0. The van der Waals surface area contributed by atoms with E-state index < -0.39 is 0 Å². The summed E-state index contributed by atoms with van der Waals surface area (Å²) in [5.41, 5.74) is 6.44. The van der Waals surface area contributed by atoms with Gasteiger partial charge in [0.2, 0.25) is 0 Å². The molecule has 14 heavy (non-hydrogen) atoms. The second-order valence-electron chi connectivity index (χ2n) is 2.60. The summed E-state index contributed by atoms with van der Waals surface area (Å²) >= 11 is 3.26. The SMILES string of the molecule is Br.Br.NC(CO)Cc1cccc(Br)n1. The van der Waals surface area contributed by atoms with E-state index in [0.717, 1.165) is 10.3 Å². The number of hydrogen-bond acceptors (Lipinski definition) is 3. The molecule has 3 N–H and O–H groups in total. The van der Waals surface area contributed by atoms with Gasteiger partial charge in [0.25, 0.3) is 0 Å². The summed E-state index contributed by atoms with van der Waals surface area (Å²) < 4.78 is 0.796. The zero-order valence-electron chi connectivity index (χ0n) is 7.39. The molecular formula is C8H13Br3N2O. The number of halogens is 3. The lowest BCUT2D eigenvalue weighted by Gasteiger charge is -2.06. The largest absolute Gasteiger partial charge is 0.395 e. The van der Waals surface area contributed by atoms with Gasteiger partial charge in [0, 0.05) is 18.2 Å². The van der Waals surface area contributed by atoms with Crippen molar-refractivity contribution >= 4 is 49.9 Å². The van der Waals surface area contributed by atoms with Crippen LogP contribution in [0.15, 0.2) is 22.8 Å². The van der Waals surface area contributed by atoms with Crippen LogP contribution in [0.1, 0.15) is 5.69 Å². The standard InChI is InChI=1S/C8H11BrN2O.2BrH/c9-8-3-1-2-7(11-8)4-6(10)5-12;;/h1-3,6,12H,4-5,10H2;2*1H. The fourth-order valence-electron chi connectivity index (χ4n) is 0.897. The van der Waals surface area contributed by atoms with Gasteiger partial charge < -0.3 is 10.8 Å². The highest BCUT2D eigenvalue weighted by Crippen LogP contribution is 2.07. The molecule has 1 atom stereocenters. The van der Waals surface area contributed by atoms with Crippen molar-refractivity contribution in [2.45, 2.75) is 12.5 Å². The Balaban J connectivity index is 0. The lowest BCUT2D eigenvalue weighted by atomic mass is 10.2. The highest BCUT2D eigenvalue weighted by atomic mass is 79.9. The summed E-state index contributed by atoms with van der Waals surface area (Å²) in [6.07, 6.45) is 0.607. The van der Waals surface area contributed by atoms with Crippen molar-refractivity contribution in [3.05, 3.63) is 28.5 Å². The molecule has 0 fully saturated rings. The Morgan fingerprint density at radius 1 is 1.43 bits per heavy atom. The van der Waals surface area contributed by atoms with Crippen LogP contribution >= 0.6 is 49.9 Å². The van der Waals surface area contributed by atoms with Crippen LogP contribution in [0.2, 0.25) is 0 Å². The van der Waals surface area contributed by atoms with Crippen LogP contribution in [0.3, 0.4) is 0 Å². The van der Waals surface area contributed by atoms with E-state index in [9.17, 15) is 0 Å². The maximum atomic E-state index is 8.70. The van der Waals surface area contributed by atoms with Gasteiger partial charge in [-0.15, -0.1) is 34.0 Å². The summed E-state index contributed by atoms with van der Waals surface area (Å²) in [6.45, 7) is -0.00576. The van der Waals surface area contributed by atoms with Crippen LogP contribution in [-0.4, -0.2) is 22.7 Å². The van der Waals surface area contributed by atoms with Crippen LogP contribution in [0, 0.1) is 0 Å². The van der Waals surface area contributed by atoms with Crippen LogP contribution in [-0.2, 0) is 6.42 Å². The third-order valence-corrected chi connectivity index (χ3v) is 1.92. The fraction of sp³-hybridized carbons (Fsp3) is 0.375. The first-order chi connectivity index (χ1) is 5.72. The number of aliphatic hydroxyl groups excluding tert-OH is 1. The van der Waals surface area contributed by atoms with E-state index in [-0.39, 0.29) is 46.6 Å². The molecule has 0 bridgehead atoms. The smallest absolute Gasteiger partial charge is 0.106 e. The molecule has 6 heteroatoms. The van der Waals surface area contributed by atoms with Crippen molar-refractivity contribution in [2.75, 3.05) is 6.61 Å². The number of nitrogens with zero attached hydrogens (tertiary/aromatic N) is 1. The van der Waals surface area contributed by atoms with Gasteiger partial charge in [-0.1, -0.05) is 6.07 Å². The maximum absolute atomic E-state index is 8.70. The van der Waals surface area contributed by atoms with Gasteiger partial charge in [0.05, 0.1) is 6.61 Å². The predicted octanol–water partition coefficient (Wildman–Crippen LogP) is 1.86. The Kier molecular flexibility index (Phi) is 10.6. The summed E-state index contributed by atoms with van der Waals surface area (Å²) in [7, 11) is 0. The van der Waals surface area contributed by atoms with Gasteiger partial charge in [-0.25, -0.2) is 4.98 Å². The van der Waals surface area contributed by atoms with Crippen molar-refractivity contribution in [2.24, 2.45) is 5.73 Å². The van der Waals surface area contributed by atoms with Gasteiger partial charge in [0.15, 0.2) is 0 Å². The van der Waals surface area contributed by atoms with E-state index in [1.807, 2.05) is 18.2 Å². The number of aliphatic hydroxyl groups is 1. The molecule has 0 aromatic carbocycles. The molecule has 0 radical (unpaired) electrons. The molecule has 0 aliphatic carbocycles. The molecule has 0 saturated heterocycles. The molecule has 82 valence electrons. The Labute approximate surface area is 113 Å². The molecule has 1 unspecified atom stereocenters. The Hall–Kier alpha value is 0.510. The fourth-order valence-corrected chi connectivity index (χ4v) is 1.28. The highest BCUT2D eigenvalue weighted by molar-refractivity contribution is 9.10. The minimum Gasteiger partial charge on any atom is -0.395 e. The maximum Gasteiger partial charge on any atom is 0.106 e. The molecular weight excluding hydrogens is 380 g/mol. The van der Waals surface area contributed by atoms with Crippen molar-refractivity contribution in [3.63, 3.8) is 0 Å². The number of hydrogen-bond donors (Lipinski definition) is 2. The average molecular weight is 393 g/mol. The second kappa shape index (κ2) is 8.79. The normalized spacial score (nSPS) is 11.1. The highest BCUT2D eigenvalue weighted by Gasteiger charge is 2.02. The summed E-state index contributed by atoms with van der Waals surface area (Å²) in [5, 5.41) is 8.70. The average Bonchev–Trinajstić information content (AvgIpc) is 2.04. The van der Waals surface area contributed by atoms with Gasteiger partial charge in [-0.3, -0.25) is 0 Å². The number of aromatic nitrogens is 1. The molecule has 1 rings (SSSR count). The lowest BCUT2D eigenvalue weighted by molar-refractivity contribution is 0.264. The topological polar surface area (TPSA) is 59.1 Å². The first kappa shape index (κ1) is 16.9. The quantitative estimate of drug-likeness (QED) is 0.772. The minimum atomic E-state index is -0.216. The van der Waals surface area contributed by atoms with E-state index in [4.69, 9.17) is 10.8 Å². The third kappa shape index (κ3) is 6.08. The van der Waals surface area contributed by atoms with Crippen LogP contribution in [0.5, 0.6) is 0 Å². The number of nitrogens with two attached hydrogens (primary N) is 1. The van der Waals surface area contributed by atoms with Gasteiger partial charge >= 0.3 is 0 Å². The van der Waals surface area contributed by atoms with Crippen molar-refractivity contribution in [3.8, 4) is 0 Å². The first-order valence-corrected chi connectivity index (χ1v) is 4.49. The van der Waals surface area contributed by atoms with Crippen molar-refractivity contribution in [1.82, 2.24) is 4.98 Å². The molecule has 3 nitrogen and oxygen atoms in total. The molecule has 1 heterocycles. The van der Waals surface area contributed by atoms with Crippen LogP contribution < -0.4 is 5.73 Å². The van der Waals surface area contributed by atoms with E-state index in [0.29, 0.717) is 6.42 Å². The van der Waals surface area contributed by atoms with Crippen molar-refractivity contribution in [1.29, 1.82) is 0 Å². The zero-order chi connectivity index (χ0) is 8.97. The van der Waals surface area contributed by atoms with E-state index >= 15 is 0 Å². The predicted molar refractivity (Wildman–Crippen MR) is 71.3 cm³/mol. The Morgan fingerprint density at radius 2 is 2.07 bits per heavy atom. The number of rotatable bonds is 3. The molecule has 0 saturated carbocycles. The van der Waals surface area contributed by atoms with E-state index in [2.05, 4.69) is 20.9 Å². The Morgan fingerprint density at radius 3 is 2.57 bits per heavy atom. The van der Waals surface area contributed by atoms with E-state index in [1.165, 1.54) is 0 Å². The molecule has 1 aromatic heterocycles. The van der Waals surface area contributed by atoms with Crippen molar-refractivity contribution < 1.29 is 5.11 Å². The molecule has 0 aliphatic rings. The second-order valence-corrected chi connectivity index (χ2v) is 3.41. The van der Waals surface area contributed by atoms with Gasteiger partial charge in [0.1, 0.15) is 4.60 Å². The summed E-state index contributed by atoms with van der Waals surface area (Å²) in [4.78, 5) is 4.19. The summed E-state index contributed by atoms with van der Waals surface area (Å²) in [6, 6.07) is 5.43. The molecule has 0 spiro atoms.